The summed E-state index contributed by atoms with van der Waals surface area (Å²) in [6, 6.07) is 17.2. The molecule has 0 aromatic heterocycles. The zero-order valence-corrected chi connectivity index (χ0v) is 17.9. The number of nitrogens with zero attached hydrogens (tertiary/aromatic N) is 1. The summed E-state index contributed by atoms with van der Waals surface area (Å²) < 4.78 is 5.72. The van der Waals surface area contributed by atoms with Crippen molar-refractivity contribution >= 4 is 23.6 Å². The number of amides is 2. The second-order valence-corrected chi connectivity index (χ2v) is 8.91. The van der Waals surface area contributed by atoms with E-state index in [9.17, 15) is 9.59 Å². The van der Waals surface area contributed by atoms with Crippen LogP contribution in [0.3, 0.4) is 0 Å². The summed E-state index contributed by atoms with van der Waals surface area (Å²) in [4.78, 5) is 28.5. The van der Waals surface area contributed by atoms with Crippen molar-refractivity contribution < 1.29 is 14.3 Å². The number of piperidine rings is 1. The Hall–Kier alpha value is -2.31. The minimum atomic E-state index is -0.0451. The molecule has 0 radical (unpaired) electrons. The molecule has 0 aliphatic carbocycles. The Balaban J connectivity index is 1.31. The van der Waals surface area contributed by atoms with Crippen LogP contribution in [-0.4, -0.2) is 54.3 Å². The fourth-order valence-corrected chi connectivity index (χ4v) is 5.10. The van der Waals surface area contributed by atoms with E-state index in [0.717, 1.165) is 48.5 Å². The lowest BCUT2D eigenvalue weighted by Crippen LogP contribution is -2.46. The average Bonchev–Trinajstić information content (AvgIpc) is 3.32. The van der Waals surface area contributed by atoms with Crippen molar-refractivity contribution in [3.8, 4) is 0 Å². The van der Waals surface area contributed by atoms with Gasteiger partial charge in [0.25, 0.3) is 11.8 Å². The van der Waals surface area contributed by atoms with E-state index in [0.29, 0.717) is 24.8 Å². The van der Waals surface area contributed by atoms with Gasteiger partial charge in [-0.1, -0.05) is 30.3 Å². The van der Waals surface area contributed by atoms with Crippen LogP contribution >= 0.6 is 11.8 Å². The van der Waals surface area contributed by atoms with Crippen molar-refractivity contribution in [2.24, 2.45) is 0 Å². The van der Waals surface area contributed by atoms with Gasteiger partial charge in [0.1, 0.15) is 0 Å². The molecule has 6 heteroatoms. The molecule has 5 nitrogen and oxygen atoms in total. The van der Waals surface area contributed by atoms with Gasteiger partial charge < -0.3 is 15.0 Å². The van der Waals surface area contributed by atoms with E-state index in [1.165, 1.54) is 0 Å². The van der Waals surface area contributed by atoms with E-state index < -0.39 is 0 Å². The molecule has 0 saturated carbocycles. The second kappa shape index (κ2) is 10.1. The Morgan fingerprint density at radius 1 is 1.00 bits per heavy atom. The quantitative estimate of drug-likeness (QED) is 0.713. The van der Waals surface area contributed by atoms with Gasteiger partial charge in [0.15, 0.2) is 0 Å². The molecule has 1 atom stereocenters. The Morgan fingerprint density at radius 3 is 2.47 bits per heavy atom. The maximum absolute atomic E-state index is 13.2. The average molecular weight is 425 g/mol. The first-order valence-electron chi connectivity index (χ1n) is 10.7. The zero-order chi connectivity index (χ0) is 20.8. The topological polar surface area (TPSA) is 58.6 Å². The predicted octanol–water partition coefficient (Wildman–Crippen LogP) is 3.99. The molecule has 158 valence electrons. The van der Waals surface area contributed by atoms with Gasteiger partial charge in [-0.2, -0.15) is 0 Å². The fraction of sp³-hybridized carbons (Fsp3) is 0.417. The molecule has 2 aromatic rings. The van der Waals surface area contributed by atoms with Crippen LogP contribution in [0, 0.1) is 0 Å². The highest BCUT2D eigenvalue weighted by molar-refractivity contribution is 7.99. The first-order chi connectivity index (χ1) is 14.7. The lowest BCUT2D eigenvalue weighted by atomic mass is 10.0. The summed E-state index contributed by atoms with van der Waals surface area (Å²) in [5, 5.41) is 3.10. The van der Waals surface area contributed by atoms with E-state index in [4.69, 9.17) is 4.74 Å². The monoisotopic (exact) mass is 424 g/mol. The van der Waals surface area contributed by atoms with Crippen molar-refractivity contribution in [3.63, 3.8) is 0 Å². The fourth-order valence-electron chi connectivity index (χ4n) is 3.98. The second-order valence-electron chi connectivity index (χ2n) is 7.85. The molecule has 2 aliphatic rings. The molecule has 2 saturated heterocycles. The lowest BCUT2D eigenvalue weighted by molar-refractivity contribution is 0.0694. The van der Waals surface area contributed by atoms with Gasteiger partial charge in [-0.15, -0.1) is 11.8 Å². The SMILES string of the molecule is O=C(NC1CCN(C(=O)c2ccccc2SC[C@@H]2CCCO2)CC1)c1ccccc1. The number of rotatable bonds is 6. The molecule has 0 spiro atoms. The molecule has 2 aromatic carbocycles. The van der Waals surface area contributed by atoms with E-state index in [1.807, 2.05) is 59.5 Å². The minimum Gasteiger partial charge on any atom is -0.377 e. The van der Waals surface area contributed by atoms with Crippen LogP contribution in [0.1, 0.15) is 46.4 Å². The number of hydrogen-bond donors (Lipinski definition) is 1. The first kappa shape index (κ1) is 20.9. The molecule has 4 rings (SSSR count). The molecule has 2 fully saturated rings. The highest BCUT2D eigenvalue weighted by Gasteiger charge is 2.26. The number of hydrogen-bond acceptors (Lipinski definition) is 4. The Morgan fingerprint density at radius 2 is 1.73 bits per heavy atom. The van der Waals surface area contributed by atoms with Crippen molar-refractivity contribution in [1.82, 2.24) is 10.2 Å². The lowest BCUT2D eigenvalue weighted by Gasteiger charge is -2.33. The van der Waals surface area contributed by atoms with Gasteiger partial charge in [0, 0.05) is 42.0 Å². The third-order valence-electron chi connectivity index (χ3n) is 5.72. The number of carbonyl (C=O) groups is 2. The van der Waals surface area contributed by atoms with Crippen LogP contribution in [0.15, 0.2) is 59.5 Å². The number of nitrogens with one attached hydrogen (secondary N) is 1. The summed E-state index contributed by atoms with van der Waals surface area (Å²) in [6.45, 7) is 2.16. The normalized spacial score (nSPS) is 19.6. The molecule has 0 unspecified atom stereocenters. The maximum Gasteiger partial charge on any atom is 0.254 e. The third kappa shape index (κ3) is 5.24. The summed E-state index contributed by atoms with van der Waals surface area (Å²) in [7, 11) is 0. The zero-order valence-electron chi connectivity index (χ0n) is 17.1. The van der Waals surface area contributed by atoms with Crippen LogP contribution in [0.4, 0.5) is 0 Å². The molecule has 2 heterocycles. The Kier molecular flexibility index (Phi) is 7.07. The molecule has 2 amide bonds. The van der Waals surface area contributed by atoms with Crippen LogP contribution in [0.5, 0.6) is 0 Å². The molecule has 1 N–H and O–H groups in total. The molecule has 2 aliphatic heterocycles. The van der Waals surface area contributed by atoms with Crippen molar-refractivity contribution in [2.45, 2.75) is 42.7 Å². The number of likely N-dealkylation sites (tertiary alicyclic amines) is 1. The molecule has 30 heavy (non-hydrogen) atoms. The van der Waals surface area contributed by atoms with Gasteiger partial charge in [0.2, 0.25) is 0 Å². The highest BCUT2D eigenvalue weighted by atomic mass is 32.2. The van der Waals surface area contributed by atoms with Crippen LogP contribution in [-0.2, 0) is 4.74 Å². The van der Waals surface area contributed by atoms with Gasteiger partial charge in [-0.25, -0.2) is 0 Å². The van der Waals surface area contributed by atoms with Crippen LogP contribution in [0.2, 0.25) is 0 Å². The number of thioether (sulfide) groups is 1. The Bertz CT molecular complexity index is 860. The molecule has 0 bridgehead atoms. The van der Waals surface area contributed by atoms with Gasteiger partial charge in [-0.3, -0.25) is 9.59 Å². The van der Waals surface area contributed by atoms with E-state index in [2.05, 4.69) is 5.32 Å². The van der Waals surface area contributed by atoms with E-state index in [1.54, 1.807) is 11.8 Å². The van der Waals surface area contributed by atoms with Crippen molar-refractivity contribution in [2.75, 3.05) is 25.4 Å². The minimum absolute atomic E-state index is 0.0451. The van der Waals surface area contributed by atoms with Gasteiger partial charge >= 0.3 is 0 Å². The summed E-state index contributed by atoms with van der Waals surface area (Å²) in [5.74, 6) is 0.923. The van der Waals surface area contributed by atoms with Gasteiger partial charge in [-0.05, 0) is 49.9 Å². The first-order valence-corrected chi connectivity index (χ1v) is 11.7. The van der Waals surface area contributed by atoms with E-state index >= 15 is 0 Å². The van der Waals surface area contributed by atoms with Crippen LogP contribution in [0.25, 0.3) is 0 Å². The predicted molar refractivity (Wildman–Crippen MR) is 119 cm³/mol. The number of ether oxygens (including phenoxy) is 1. The van der Waals surface area contributed by atoms with Crippen molar-refractivity contribution in [3.05, 3.63) is 65.7 Å². The van der Waals surface area contributed by atoms with Gasteiger partial charge in [0.05, 0.1) is 11.7 Å². The summed E-state index contributed by atoms with van der Waals surface area (Å²) in [6.07, 6.45) is 4.07. The number of benzene rings is 2. The highest BCUT2D eigenvalue weighted by Crippen LogP contribution is 2.28. The number of carbonyl (C=O) groups excluding carboxylic acids is 2. The van der Waals surface area contributed by atoms with Crippen LogP contribution < -0.4 is 5.32 Å². The van der Waals surface area contributed by atoms with E-state index in [-0.39, 0.29) is 17.9 Å². The molecular weight excluding hydrogens is 396 g/mol. The van der Waals surface area contributed by atoms with Crippen molar-refractivity contribution in [1.29, 1.82) is 0 Å². The maximum atomic E-state index is 13.2. The summed E-state index contributed by atoms with van der Waals surface area (Å²) >= 11 is 1.71. The Labute approximate surface area is 182 Å². The largest absolute Gasteiger partial charge is 0.377 e. The smallest absolute Gasteiger partial charge is 0.254 e. The standard InChI is InChI=1S/C24H28N2O3S/c27-23(18-7-2-1-3-8-18)25-19-12-14-26(15-13-19)24(28)21-10-4-5-11-22(21)30-17-20-9-6-16-29-20/h1-5,7-8,10-11,19-20H,6,9,12-17H2,(H,25,27)/t20-/m0/s1. The summed E-state index contributed by atoms with van der Waals surface area (Å²) in [5.41, 5.74) is 1.44. The molecular formula is C24H28N2O3S. The third-order valence-corrected chi connectivity index (χ3v) is 6.93.